The van der Waals surface area contributed by atoms with E-state index in [4.69, 9.17) is 23.2 Å². The van der Waals surface area contributed by atoms with Crippen molar-refractivity contribution in [1.29, 1.82) is 0 Å². The molecule has 4 nitrogen and oxygen atoms in total. The van der Waals surface area contributed by atoms with Crippen molar-refractivity contribution in [1.82, 2.24) is 5.32 Å². The number of carbonyl (C=O) groups excluding carboxylic acids is 2. The number of thiophene rings is 1. The summed E-state index contributed by atoms with van der Waals surface area (Å²) in [5, 5.41) is 5.39. The summed E-state index contributed by atoms with van der Waals surface area (Å²) in [5.41, 5.74) is 2.42. The van der Waals surface area contributed by atoms with Crippen molar-refractivity contribution in [3.05, 3.63) is 87.1 Å². The van der Waals surface area contributed by atoms with Crippen molar-refractivity contribution >= 4 is 52.0 Å². The van der Waals surface area contributed by atoms with E-state index in [-0.39, 0.29) is 17.7 Å². The fourth-order valence-electron chi connectivity index (χ4n) is 3.23. The predicted molar refractivity (Wildman–Crippen MR) is 125 cm³/mol. The smallest absolute Gasteiger partial charge is 0.248 e. The maximum absolute atomic E-state index is 13.3. The van der Waals surface area contributed by atoms with Gasteiger partial charge in [0.05, 0.1) is 0 Å². The van der Waals surface area contributed by atoms with Gasteiger partial charge in [-0.2, -0.15) is 0 Å². The van der Waals surface area contributed by atoms with Gasteiger partial charge in [-0.3, -0.25) is 14.5 Å². The summed E-state index contributed by atoms with van der Waals surface area (Å²) >= 11 is 13.6. The van der Waals surface area contributed by atoms with Crippen molar-refractivity contribution in [2.45, 2.75) is 19.4 Å². The van der Waals surface area contributed by atoms with Crippen LogP contribution in [0.3, 0.4) is 0 Å². The van der Waals surface area contributed by atoms with E-state index < -0.39 is 6.04 Å². The Morgan fingerprint density at radius 3 is 2.50 bits per heavy atom. The van der Waals surface area contributed by atoms with Gasteiger partial charge in [0.25, 0.3) is 0 Å². The second-order valence-corrected chi connectivity index (χ2v) is 8.38. The minimum absolute atomic E-state index is 0.245. The van der Waals surface area contributed by atoms with Crippen LogP contribution in [-0.4, -0.2) is 24.2 Å². The molecule has 2 aromatic carbocycles. The van der Waals surface area contributed by atoms with Crippen LogP contribution in [0.4, 0.5) is 5.69 Å². The van der Waals surface area contributed by atoms with E-state index in [0.717, 1.165) is 16.0 Å². The molecule has 1 atom stereocenters. The second kappa shape index (κ2) is 10.6. The van der Waals surface area contributed by atoms with Crippen molar-refractivity contribution in [3.63, 3.8) is 0 Å². The van der Waals surface area contributed by atoms with E-state index in [1.165, 1.54) is 16.2 Å². The molecule has 3 aromatic rings. The Morgan fingerprint density at radius 1 is 1.07 bits per heavy atom. The quantitative estimate of drug-likeness (QED) is 0.458. The van der Waals surface area contributed by atoms with Crippen molar-refractivity contribution < 1.29 is 9.59 Å². The van der Waals surface area contributed by atoms with Crippen molar-refractivity contribution in [2.24, 2.45) is 0 Å². The van der Waals surface area contributed by atoms with Crippen LogP contribution in [0.2, 0.25) is 5.02 Å². The highest BCUT2D eigenvalue weighted by molar-refractivity contribution is 7.10. The Morgan fingerprint density at radius 2 is 1.83 bits per heavy atom. The van der Waals surface area contributed by atoms with Gasteiger partial charge in [-0.05, 0) is 48.1 Å². The fourth-order valence-corrected chi connectivity index (χ4v) is 4.34. The summed E-state index contributed by atoms with van der Waals surface area (Å²) in [4.78, 5) is 28.4. The van der Waals surface area contributed by atoms with Crippen LogP contribution >= 0.6 is 34.5 Å². The summed E-state index contributed by atoms with van der Waals surface area (Å²) in [7, 11) is 0. The first-order valence-corrected chi connectivity index (χ1v) is 11.3. The lowest BCUT2D eigenvalue weighted by Gasteiger charge is -2.31. The Balaban J connectivity index is 1.91. The zero-order valence-corrected chi connectivity index (χ0v) is 18.8. The first kappa shape index (κ1) is 22.3. The average Bonchev–Trinajstić information content (AvgIpc) is 3.28. The van der Waals surface area contributed by atoms with Gasteiger partial charge in [0.1, 0.15) is 11.9 Å². The highest BCUT2D eigenvalue weighted by Crippen LogP contribution is 2.35. The van der Waals surface area contributed by atoms with Crippen LogP contribution < -0.4 is 10.2 Å². The van der Waals surface area contributed by atoms with Crippen LogP contribution in [0, 0.1) is 6.92 Å². The molecule has 0 spiro atoms. The molecule has 3 rings (SSSR count). The molecule has 0 radical (unpaired) electrons. The van der Waals surface area contributed by atoms with Gasteiger partial charge in [-0.15, -0.1) is 22.9 Å². The van der Waals surface area contributed by atoms with Crippen molar-refractivity contribution in [2.75, 3.05) is 17.3 Å². The fraction of sp³-hybridized carbons (Fsp3) is 0.217. The Kier molecular flexibility index (Phi) is 7.91. The normalized spacial score (nSPS) is 11.7. The molecule has 30 heavy (non-hydrogen) atoms. The van der Waals surface area contributed by atoms with Gasteiger partial charge in [0.15, 0.2) is 0 Å². The minimum Gasteiger partial charge on any atom is -0.354 e. The molecule has 1 heterocycles. The van der Waals surface area contributed by atoms with Gasteiger partial charge in [0.2, 0.25) is 11.8 Å². The van der Waals surface area contributed by atoms with Crippen LogP contribution in [0.15, 0.2) is 66.0 Å². The third kappa shape index (κ3) is 5.22. The van der Waals surface area contributed by atoms with E-state index in [0.29, 0.717) is 23.7 Å². The summed E-state index contributed by atoms with van der Waals surface area (Å²) in [6.45, 7) is 2.28. The number of carbonyl (C=O) groups is 2. The second-order valence-electron chi connectivity index (χ2n) is 6.73. The lowest BCUT2D eigenvalue weighted by molar-refractivity contribution is -0.125. The van der Waals surface area contributed by atoms with E-state index in [1.807, 2.05) is 54.8 Å². The molecule has 0 aliphatic carbocycles. The molecular formula is C23H22Cl2N2O2S. The number of rotatable bonds is 8. The van der Waals surface area contributed by atoms with Gasteiger partial charge in [-0.25, -0.2) is 0 Å². The summed E-state index contributed by atoms with van der Waals surface area (Å²) in [6, 6.07) is 18.1. The molecular weight excluding hydrogens is 439 g/mol. The van der Waals surface area contributed by atoms with Gasteiger partial charge < -0.3 is 5.32 Å². The number of amides is 2. The Hall–Kier alpha value is -2.34. The maximum Gasteiger partial charge on any atom is 0.248 e. The monoisotopic (exact) mass is 460 g/mol. The lowest BCUT2D eigenvalue weighted by atomic mass is 10.1. The zero-order chi connectivity index (χ0) is 21.5. The van der Waals surface area contributed by atoms with Crippen LogP contribution in [0.5, 0.6) is 0 Å². The highest BCUT2D eigenvalue weighted by atomic mass is 35.5. The van der Waals surface area contributed by atoms with Gasteiger partial charge in [-0.1, -0.05) is 54.1 Å². The zero-order valence-electron chi connectivity index (χ0n) is 16.5. The lowest BCUT2D eigenvalue weighted by Crippen LogP contribution is -2.45. The molecule has 0 bridgehead atoms. The topological polar surface area (TPSA) is 49.4 Å². The number of alkyl halides is 1. The summed E-state index contributed by atoms with van der Waals surface area (Å²) in [5.74, 6) is -0.865. The summed E-state index contributed by atoms with van der Waals surface area (Å²) < 4.78 is 0. The van der Waals surface area contributed by atoms with E-state index in [2.05, 4.69) is 5.32 Å². The highest BCUT2D eigenvalue weighted by Gasteiger charge is 2.34. The third-order valence-electron chi connectivity index (χ3n) is 4.76. The number of benzene rings is 2. The SMILES string of the molecule is Cc1c(Cl)cccc1N(C(=O)CCl)[C@H](C(=O)NCCc1ccccc1)c1cccs1. The molecule has 1 N–H and O–H groups in total. The number of anilines is 1. The van der Waals surface area contributed by atoms with Crippen LogP contribution in [-0.2, 0) is 16.0 Å². The molecule has 7 heteroatoms. The molecule has 0 unspecified atom stereocenters. The molecule has 156 valence electrons. The molecule has 1 aromatic heterocycles. The number of nitrogens with one attached hydrogen (secondary N) is 1. The van der Waals surface area contributed by atoms with Gasteiger partial charge in [0, 0.05) is 22.1 Å². The maximum atomic E-state index is 13.3. The standard InChI is InChI=1S/C23H22Cl2N2O2S/c1-16-18(25)9-5-10-19(16)27(21(28)15-24)22(20-11-6-14-30-20)23(29)26-13-12-17-7-3-2-4-8-17/h2-11,14,22H,12-13,15H2,1H3,(H,26,29)/t22-/m0/s1. The molecule has 0 saturated carbocycles. The van der Waals surface area contributed by atoms with Gasteiger partial charge >= 0.3 is 0 Å². The summed E-state index contributed by atoms with van der Waals surface area (Å²) in [6.07, 6.45) is 0.698. The first-order chi connectivity index (χ1) is 14.5. The predicted octanol–water partition coefficient (Wildman–Crippen LogP) is 5.38. The van der Waals surface area contributed by atoms with Crippen molar-refractivity contribution in [3.8, 4) is 0 Å². The number of hydrogen-bond donors (Lipinski definition) is 1. The average molecular weight is 461 g/mol. The van der Waals surface area contributed by atoms with Crippen LogP contribution in [0.25, 0.3) is 0 Å². The first-order valence-electron chi connectivity index (χ1n) is 9.51. The molecule has 2 amide bonds. The minimum atomic E-state index is -0.829. The van der Waals surface area contributed by atoms with E-state index in [9.17, 15) is 9.59 Å². The molecule has 0 saturated heterocycles. The molecule has 0 fully saturated rings. The molecule has 0 aliphatic rings. The van der Waals surface area contributed by atoms with E-state index in [1.54, 1.807) is 18.2 Å². The number of nitrogens with zero attached hydrogens (tertiary/aromatic N) is 1. The van der Waals surface area contributed by atoms with Crippen LogP contribution in [0.1, 0.15) is 22.0 Å². The van der Waals surface area contributed by atoms with E-state index >= 15 is 0 Å². The third-order valence-corrected chi connectivity index (χ3v) is 6.32. The number of hydrogen-bond acceptors (Lipinski definition) is 3. The largest absolute Gasteiger partial charge is 0.354 e. The Bertz CT molecular complexity index is 994. The Labute approximate surface area is 190 Å². The number of halogens is 2. The molecule has 0 aliphatic heterocycles.